The molecule has 1 amide bonds. The molecule has 6 nitrogen and oxygen atoms in total. The Bertz CT molecular complexity index is 1060. The molecular weight excluding hydrogens is 397 g/mol. The molecule has 2 aromatic rings. The number of likely N-dealkylation sites (N-methyl/N-ethyl adjacent to an activating group) is 1. The number of nitrogens with one attached hydrogen (secondary N) is 1. The highest BCUT2D eigenvalue weighted by molar-refractivity contribution is 5.82. The molecule has 31 heavy (non-hydrogen) atoms. The lowest BCUT2D eigenvalue weighted by Gasteiger charge is -2.30. The van der Waals surface area contributed by atoms with E-state index in [0.29, 0.717) is 25.2 Å². The summed E-state index contributed by atoms with van der Waals surface area (Å²) in [5.41, 5.74) is 2.13. The minimum atomic E-state index is -0.553. The van der Waals surface area contributed by atoms with Crippen LogP contribution in [-0.4, -0.2) is 39.7 Å². The monoisotopic (exact) mass is 425 g/mol. The third kappa shape index (κ3) is 3.72. The smallest absolute Gasteiger partial charge is 0.258 e. The number of carbonyl (C=O) groups is 1. The molecule has 1 saturated heterocycles. The summed E-state index contributed by atoms with van der Waals surface area (Å²) in [7, 11) is 0. The molecule has 4 atom stereocenters. The van der Waals surface area contributed by atoms with Gasteiger partial charge in [0.05, 0.1) is 12.1 Å². The topological polar surface area (TPSA) is 74.6 Å². The molecule has 2 aliphatic heterocycles. The number of benzene rings is 1. The molecule has 164 valence electrons. The van der Waals surface area contributed by atoms with Gasteiger partial charge in [-0.05, 0) is 43.7 Å². The molecule has 1 aromatic heterocycles. The van der Waals surface area contributed by atoms with Crippen molar-refractivity contribution in [1.29, 1.82) is 0 Å². The summed E-state index contributed by atoms with van der Waals surface area (Å²) in [4.78, 5) is 28.0. The van der Waals surface area contributed by atoms with Crippen LogP contribution in [0, 0.1) is 17.7 Å². The van der Waals surface area contributed by atoms with E-state index in [1.165, 1.54) is 12.1 Å². The first-order chi connectivity index (χ1) is 15.0. The number of aromatic nitrogens is 1. The van der Waals surface area contributed by atoms with E-state index in [2.05, 4.69) is 5.32 Å². The van der Waals surface area contributed by atoms with Crippen molar-refractivity contribution in [2.45, 2.75) is 39.0 Å². The van der Waals surface area contributed by atoms with E-state index in [1.807, 2.05) is 43.0 Å². The number of aliphatic hydroxyl groups is 1. The van der Waals surface area contributed by atoms with E-state index < -0.39 is 6.04 Å². The average Bonchev–Trinajstić information content (AvgIpc) is 3.26. The van der Waals surface area contributed by atoms with Gasteiger partial charge in [0.15, 0.2) is 0 Å². The second-order valence-corrected chi connectivity index (χ2v) is 8.23. The number of rotatable bonds is 6. The molecule has 7 heteroatoms. The molecule has 0 saturated carbocycles. The number of hydrogen-bond donors (Lipinski definition) is 2. The number of allylic oxidation sites excluding steroid dienone is 1. The Morgan fingerprint density at radius 1 is 1.32 bits per heavy atom. The molecule has 1 aromatic carbocycles. The van der Waals surface area contributed by atoms with Gasteiger partial charge in [-0.1, -0.05) is 24.3 Å². The molecule has 2 aliphatic rings. The summed E-state index contributed by atoms with van der Waals surface area (Å²) in [5, 5.41) is 13.1. The van der Waals surface area contributed by atoms with Crippen LogP contribution < -0.4 is 10.9 Å². The summed E-state index contributed by atoms with van der Waals surface area (Å²) in [6, 6.07) is 9.32. The summed E-state index contributed by atoms with van der Waals surface area (Å²) in [5.74, 6) is -0.887. The minimum absolute atomic E-state index is 0.0676. The standard InChI is InChI=1S/C24H28FN3O3/c1-3-6-16-9-10-20-21-18(13-27(20)24(16)31)19(14-29)22(23(30)26-4-2)28(21)12-15-7-5-8-17(25)11-15/h3,5-11,18-19,21-22,29H,4,12-14H2,1-2H3,(H,26,30)/b6-3-/t18-,19-,21+,22-/m1/s1. The van der Waals surface area contributed by atoms with Gasteiger partial charge in [0, 0.05) is 49.3 Å². The van der Waals surface area contributed by atoms with Crippen LogP contribution in [0.25, 0.3) is 6.08 Å². The van der Waals surface area contributed by atoms with Crippen LogP contribution >= 0.6 is 0 Å². The second kappa shape index (κ2) is 8.77. The van der Waals surface area contributed by atoms with Crippen LogP contribution in [0.5, 0.6) is 0 Å². The zero-order chi connectivity index (χ0) is 22.1. The fraction of sp³-hybridized carbons (Fsp3) is 0.417. The molecule has 0 unspecified atom stereocenters. The molecule has 0 bridgehead atoms. The Balaban J connectivity index is 1.80. The molecular formula is C24H28FN3O3. The first-order valence-electron chi connectivity index (χ1n) is 10.7. The van der Waals surface area contributed by atoms with Crippen molar-refractivity contribution in [1.82, 2.24) is 14.8 Å². The number of fused-ring (bicyclic) bond motifs is 3. The fourth-order valence-corrected chi connectivity index (χ4v) is 5.23. The maximum Gasteiger partial charge on any atom is 0.258 e. The highest BCUT2D eigenvalue weighted by Crippen LogP contribution is 2.49. The Kier molecular flexibility index (Phi) is 6.07. The largest absolute Gasteiger partial charge is 0.396 e. The number of likely N-dealkylation sites (tertiary alicyclic amines) is 1. The zero-order valence-electron chi connectivity index (χ0n) is 17.8. The van der Waals surface area contributed by atoms with E-state index in [9.17, 15) is 19.1 Å². The van der Waals surface area contributed by atoms with Crippen LogP contribution in [0.2, 0.25) is 0 Å². The summed E-state index contributed by atoms with van der Waals surface area (Å²) >= 11 is 0. The minimum Gasteiger partial charge on any atom is -0.396 e. The normalized spacial score (nSPS) is 25.0. The van der Waals surface area contributed by atoms with Crippen molar-refractivity contribution >= 4 is 12.0 Å². The second-order valence-electron chi connectivity index (χ2n) is 8.23. The Morgan fingerprint density at radius 2 is 2.13 bits per heavy atom. The third-order valence-corrected chi connectivity index (χ3v) is 6.44. The van der Waals surface area contributed by atoms with Gasteiger partial charge in [0.2, 0.25) is 5.91 Å². The molecule has 1 fully saturated rings. The number of carbonyl (C=O) groups excluding carboxylic acids is 1. The molecule has 2 N–H and O–H groups in total. The summed E-state index contributed by atoms with van der Waals surface area (Å²) in [6.45, 7) is 4.85. The molecule has 0 aliphatic carbocycles. The predicted molar refractivity (Wildman–Crippen MR) is 117 cm³/mol. The van der Waals surface area contributed by atoms with Crippen molar-refractivity contribution in [2.75, 3.05) is 13.2 Å². The van der Waals surface area contributed by atoms with Crippen molar-refractivity contribution in [3.63, 3.8) is 0 Å². The number of amides is 1. The summed E-state index contributed by atoms with van der Waals surface area (Å²) in [6.07, 6.45) is 3.62. The van der Waals surface area contributed by atoms with Crippen LogP contribution in [-0.2, 0) is 17.9 Å². The van der Waals surface area contributed by atoms with E-state index in [-0.39, 0.29) is 41.8 Å². The van der Waals surface area contributed by atoms with E-state index >= 15 is 0 Å². The zero-order valence-corrected chi connectivity index (χ0v) is 17.8. The SMILES string of the molecule is C/C=C\c1ccc2n(c1=O)C[C@@H]1[C@@H](CO)[C@H](C(=O)NCC)N(Cc3cccc(F)c3)[C@H]21. The van der Waals surface area contributed by atoms with E-state index in [1.54, 1.807) is 16.7 Å². The van der Waals surface area contributed by atoms with Crippen LogP contribution in [0.1, 0.15) is 36.7 Å². The lowest BCUT2D eigenvalue weighted by Crippen LogP contribution is -2.48. The van der Waals surface area contributed by atoms with Gasteiger partial charge >= 0.3 is 0 Å². The van der Waals surface area contributed by atoms with Gasteiger partial charge in [0.1, 0.15) is 5.82 Å². The Labute approximate surface area is 181 Å². The Morgan fingerprint density at radius 3 is 2.81 bits per heavy atom. The van der Waals surface area contributed by atoms with E-state index in [4.69, 9.17) is 0 Å². The maximum absolute atomic E-state index is 13.8. The average molecular weight is 426 g/mol. The van der Waals surface area contributed by atoms with Gasteiger partial charge in [-0.15, -0.1) is 0 Å². The highest BCUT2D eigenvalue weighted by atomic mass is 19.1. The Hall–Kier alpha value is -2.77. The van der Waals surface area contributed by atoms with Crippen molar-refractivity contribution in [2.24, 2.45) is 11.8 Å². The van der Waals surface area contributed by atoms with Crippen molar-refractivity contribution in [3.8, 4) is 0 Å². The van der Waals surface area contributed by atoms with Crippen LogP contribution in [0.4, 0.5) is 4.39 Å². The number of nitrogens with zero attached hydrogens (tertiary/aromatic N) is 2. The first kappa shape index (κ1) is 21.5. The lowest BCUT2D eigenvalue weighted by atomic mass is 9.88. The first-order valence-corrected chi connectivity index (χ1v) is 10.7. The van der Waals surface area contributed by atoms with Crippen LogP contribution in [0.15, 0.2) is 47.3 Å². The third-order valence-electron chi connectivity index (χ3n) is 6.44. The molecule has 4 rings (SSSR count). The van der Waals surface area contributed by atoms with Gasteiger partial charge in [-0.2, -0.15) is 0 Å². The fourth-order valence-electron chi connectivity index (χ4n) is 5.23. The van der Waals surface area contributed by atoms with Crippen LogP contribution in [0.3, 0.4) is 0 Å². The van der Waals surface area contributed by atoms with Crippen molar-refractivity contribution < 1.29 is 14.3 Å². The molecule has 0 spiro atoms. The van der Waals surface area contributed by atoms with Crippen molar-refractivity contribution in [3.05, 3.63) is 75.5 Å². The number of pyridine rings is 1. The quantitative estimate of drug-likeness (QED) is 0.745. The lowest BCUT2D eigenvalue weighted by molar-refractivity contribution is -0.127. The number of halogens is 1. The van der Waals surface area contributed by atoms with E-state index in [0.717, 1.165) is 11.3 Å². The predicted octanol–water partition coefficient (Wildman–Crippen LogP) is 2.32. The van der Waals surface area contributed by atoms with Gasteiger partial charge in [-0.3, -0.25) is 14.5 Å². The highest BCUT2D eigenvalue weighted by Gasteiger charge is 2.55. The van der Waals surface area contributed by atoms with Gasteiger partial charge in [-0.25, -0.2) is 4.39 Å². The molecule has 0 radical (unpaired) electrons. The van der Waals surface area contributed by atoms with Gasteiger partial charge < -0.3 is 15.0 Å². The van der Waals surface area contributed by atoms with Gasteiger partial charge in [0.25, 0.3) is 5.56 Å². The number of hydrogen-bond acceptors (Lipinski definition) is 4. The number of aliphatic hydroxyl groups excluding tert-OH is 1. The maximum atomic E-state index is 13.8. The molecule has 3 heterocycles. The summed E-state index contributed by atoms with van der Waals surface area (Å²) < 4.78 is 15.6.